The number of hydrogen-bond donors (Lipinski definition) is 1. The standard InChI is InChI=1S/C7H6ClNO4S/c8-14(12,13)4-5-3-9-2-1-6(5)7(10)11/h1-3H,4H2,(H,10,11). The summed E-state index contributed by atoms with van der Waals surface area (Å²) < 4.78 is 21.4. The molecule has 14 heavy (non-hydrogen) atoms. The average Bonchev–Trinajstić information content (AvgIpc) is 2.01. The average molecular weight is 236 g/mol. The highest BCUT2D eigenvalue weighted by atomic mass is 35.7. The molecule has 76 valence electrons. The number of aromatic carboxylic acids is 1. The summed E-state index contributed by atoms with van der Waals surface area (Å²) in [6.45, 7) is 0. The smallest absolute Gasteiger partial charge is 0.336 e. The molecule has 1 N–H and O–H groups in total. The maximum absolute atomic E-state index is 10.7. The molecule has 0 unspecified atom stereocenters. The monoisotopic (exact) mass is 235 g/mol. The number of nitrogens with zero attached hydrogens (tertiary/aromatic N) is 1. The molecule has 0 aliphatic heterocycles. The van der Waals surface area contributed by atoms with Gasteiger partial charge in [-0.05, 0) is 6.07 Å². The third-order valence-corrected chi connectivity index (χ3v) is 2.45. The van der Waals surface area contributed by atoms with E-state index in [4.69, 9.17) is 15.8 Å². The van der Waals surface area contributed by atoms with Crippen molar-refractivity contribution in [3.05, 3.63) is 29.6 Å². The highest BCUT2D eigenvalue weighted by Gasteiger charge is 2.15. The van der Waals surface area contributed by atoms with E-state index >= 15 is 0 Å². The number of carboxylic acids is 1. The molecule has 0 saturated heterocycles. The fraction of sp³-hybridized carbons (Fsp3) is 0.143. The second-order valence-electron chi connectivity index (χ2n) is 2.52. The van der Waals surface area contributed by atoms with E-state index in [1.807, 2.05) is 0 Å². The number of carboxylic acid groups (broad SMARTS) is 1. The SMILES string of the molecule is O=C(O)c1ccncc1CS(=O)(=O)Cl. The number of aromatic nitrogens is 1. The van der Waals surface area contributed by atoms with Crippen molar-refractivity contribution in [2.45, 2.75) is 5.75 Å². The first-order valence-corrected chi connectivity index (χ1v) is 5.96. The molecule has 0 bridgehead atoms. The highest BCUT2D eigenvalue weighted by molar-refractivity contribution is 8.13. The van der Waals surface area contributed by atoms with Gasteiger partial charge in [-0.15, -0.1) is 0 Å². The Balaban J connectivity index is 3.15. The summed E-state index contributed by atoms with van der Waals surface area (Å²) in [6.07, 6.45) is 2.44. The molecule has 0 amide bonds. The first-order valence-electron chi connectivity index (χ1n) is 3.48. The van der Waals surface area contributed by atoms with Crippen molar-refractivity contribution in [3.8, 4) is 0 Å². The summed E-state index contributed by atoms with van der Waals surface area (Å²) in [5.74, 6) is -1.74. The van der Waals surface area contributed by atoms with E-state index in [1.54, 1.807) is 0 Å². The molecule has 7 heteroatoms. The summed E-state index contributed by atoms with van der Waals surface area (Å²) >= 11 is 0. The van der Waals surface area contributed by atoms with E-state index < -0.39 is 20.8 Å². The van der Waals surface area contributed by atoms with Crippen LogP contribution in [0.5, 0.6) is 0 Å². The summed E-state index contributed by atoms with van der Waals surface area (Å²) in [5, 5.41) is 8.70. The van der Waals surface area contributed by atoms with E-state index in [0.29, 0.717) is 0 Å². The molecule has 0 fully saturated rings. The summed E-state index contributed by atoms with van der Waals surface area (Å²) in [5.41, 5.74) is -0.0285. The second-order valence-corrected chi connectivity index (χ2v) is 5.30. The topological polar surface area (TPSA) is 84.3 Å². The van der Waals surface area contributed by atoms with Crippen LogP contribution in [0.2, 0.25) is 0 Å². The van der Waals surface area contributed by atoms with E-state index in [0.717, 1.165) is 0 Å². The van der Waals surface area contributed by atoms with Crippen LogP contribution in [0.25, 0.3) is 0 Å². The van der Waals surface area contributed by atoms with Crippen LogP contribution in [0.4, 0.5) is 0 Å². The van der Waals surface area contributed by atoms with Gasteiger partial charge in [-0.25, -0.2) is 13.2 Å². The van der Waals surface area contributed by atoms with E-state index in [2.05, 4.69) is 4.98 Å². The molecule has 5 nitrogen and oxygen atoms in total. The van der Waals surface area contributed by atoms with Crippen molar-refractivity contribution in [2.24, 2.45) is 0 Å². The van der Waals surface area contributed by atoms with Crippen LogP contribution < -0.4 is 0 Å². The van der Waals surface area contributed by atoms with Gasteiger partial charge < -0.3 is 5.11 Å². The largest absolute Gasteiger partial charge is 0.478 e. The first-order chi connectivity index (χ1) is 6.40. The lowest BCUT2D eigenvalue weighted by Gasteiger charge is -2.01. The Labute approximate surface area is 84.8 Å². The van der Waals surface area contributed by atoms with Gasteiger partial charge in [0.15, 0.2) is 0 Å². The molecule has 0 aromatic carbocycles. The summed E-state index contributed by atoms with van der Waals surface area (Å²) in [4.78, 5) is 14.3. The van der Waals surface area contributed by atoms with Gasteiger partial charge in [-0.3, -0.25) is 4.98 Å². The molecule has 1 aromatic rings. The van der Waals surface area contributed by atoms with E-state index in [1.165, 1.54) is 18.5 Å². The molecule has 1 rings (SSSR count). The molecule has 1 heterocycles. The molecule has 1 aromatic heterocycles. The van der Waals surface area contributed by atoms with Crippen LogP contribution in [0.1, 0.15) is 15.9 Å². The summed E-state index contributed by atoms with van der Waals surface area (Å²) in [7, 11) is 1.23. The Hall–Kier alpha value is -1.14. The van der Waals surface area contributed by atoms with E-state index in [9.17, 15) is 13.2 Å². The second kappa shape index (κ2) is 3.93. The lowest BCUT2D eigenvalue weighted by atomic mass is 10.2. The van der Waals surface area contributed by atoms with Crippen LogP contribution in [0, 0.1) is 0 Å². The van der Waals surface area contributed by atoms with Crippen LogP contribution in [0.3, 0.4) is 0 Å². The Morgan fingerprint density at radius 2 is 2.21 bits per heavy atom. The van der Waals surface area contributed by atoms with Gasteiger partial charge in [0.25, 0.3) is 0 Å². The minimum atomic E-state index is -3.76. The quantitative estimate of drug-likeness (QED) is 0.785. The Morgan fingerprint density at radius 1 is 1.57 bits per heavy atom. The minimum absolute atomic E-state index is 0.0787. The van der Waals surface area contributed by atoms with Crippen molar-refractivity contribution < 1.29 is 18.3 Å². The molecule has 0 atom stereocenters. The van der Waals surface area contributed by atoms with Gasteiger partial charge in [-0.1, -0.05) is 0 Å². The number of hydrogen-bond acceptors (Lipinski definition) is 4. The predicted octanol–water partition coefficient (Wildman–Crippen LogP) is 0.848. The predicted molar refractivity (Wildman–Crippen MR) is 49.7 cm³/mol. The third-order valence-electron chi connectivity index (χ3n) is 1.46. The normalized spacial score (nSPS) is 11.2. The summed E-state index contributed by atoms with van der Waals surface area (Å²) in [6, 6.07) is 1.22. The molecular formula is C7H6ClNO4S. The van der Waals surface area contributed by atoms with Crippen molar-refractivity contribution >= 4 is 25.7 Å². The van der Waals surface area contributed by atoms with Crippen molar-refractivity contribution in [2.75, 3.05) is 0 Å². The van der Waals surface area contributed by atoms with Crippen LogP contribution >= 0.6 is 10.7 Å². The lowest BCUT2D eigenvalue weighted by Crippen LogP contribution is -2.05. The fourth-order valence-electron chi connectivity index (χ4n) is 0.937. The van der Waals surface area contributed by atoms with Crippen molar-refractivity contribution in [3.63, 3.8) is 0 Å². The zero-order valence-corrected chi connectivity index (χ0v) is 8.42. The van der Waals surface area contributed by atoms with Crippen molar-refractivity contribution in [1.82, 2.24) is 4.98 Å². The van der Waals surface area contributed by atoms with Gasteiger partial charge in [0.1, 0.15) is 0 Å². The Kier molecular flexibility index (Phi) is 3.07. The van der Waals surface area contributed by atoms with Gasteiger partial charge in [0, 0.05) is 28.6 Å². The molecular weight excluding hydrogens is 230 g/mol. The highest BCUT2D eigenvalue weighted by Crippen LogP contribution is 2.13. The maximum Gasteiger partial charge on any atom is 0.336 e. The van der Waals surface area contributed by atoms with Gasteiger partial charge >= 0.3 is 5.97 Å². The zero-order chi connectivity index (χ0) is 10.8. The number of halogens is 1. The van der Waals surface area contributed by atoms with Gasteiger partial charge in [0.05, 0.1) is 11.3 Å². The molecule has 0 radical (unpaired) electrons. The number of pyridine rings is 1. The minimum Gasteiger partial charge on any atom is -0.478 e. The lowest BCUT2D eigenvalue weighted by molar-refractivity contribution is 0.0696. The zero-order valence-electron chi connectivity index (χ0n) is 6.84. The fourth-order valence-corrected chi connectivity index (χ4v) is 1.89. The molecule has 0 aliphatic rings. The van der Waals surface area contributed by atoms with Crippen molar-refractivity contribution in [1.29, 1.82) is 0 Å². The first kappa shape index (κ1) is 10.9. The third kappa shape index (κ3) is 2.97. The van der Waals surface area contributed by atoms with Crippen LogP contribution in [0.15, 0.2) is 18.5 Å². The van der Waals surface area contributed by atoms with Gasteiger partial charge in [0.2, 0.25) is 9.05 Å². The number of rotatable bonds is 3. The molecule has 0 aliphatic carbocycles. The van der Waals surface area contributed by atoms with Gasteiger partial charge in [-0.2, -0.15) is 0 Å². The number of carbonyl (C=O) groups is 1. The van der Waals surface area contributed by atoms with Crippen LogP contribution in [-0.4, -0.2) is 24.5 Å². The Morgan fingerprint density at radius 3 is 2.71 bits per heavy atom. The maximum atomic E-state index is 10.7. The van der Waals surface area contributed by atoms with Crippen LogP contribution in [-0.2, 0) is 14.8 Å². The molecule has 0 saturated carbocycles. The van der Waals surface area contributed by atoms with E-state index in [-0.39, 0.29) is 11.1 Å². The Bertz CT molecular complexity index is 457. The molecule has 0 spiro atoms.